The molecule has 0 N–H and O–H groups in total. The van der Waals surface area contributed by atoms with Crippen molar-refractivity contribution in [2.45, 2.75) is 23.7 Å². The van der Waals surface area contributed by atoms with Gasteiger partial charge in [0.15, 0.2) is 0 Å². The topological polar surface area (TPSA) is 76.3 Å². The smallest absolute Gasteiger partial charge is 0.247 e. The van der Waals surface area contributed by atoms with Crippen LogP contribution < -0.4 is 0 Å². The Labute approximate surface area is 171 Å². The van der Waals surface area contributed by atoms with Crippen LogP contribution in [0.3, 0.4) is 0 Å². The lowest BCUT2D eigenvalue weighted by Gasteiger charge is -2.29. The van der Waals surface area contributed by atoms with Gasteiger partial charge >= 0.3 is 0 Å². The van der Waals surface area contributed by atoms with E-state index < -0.39 is 15.8 Å². The number of piperidine rings is 1. The minimum atomic E-state index is -3.77. The molecule has 1 aliphatic heterocycles. The van der Waals surface area contributed by atoms with Crippen molar-refractivity contribution in [3.8, 4) is 11.5 Å². The minimum absolute atomic E-state index is 0.0428. The second-order valence-corrected chi connectivity index (χ2v) is 9.05. The molecule has 1 aliphatic rings. The van der Waals surface area contributed by atoms with Gasteiger partial charge in [0.25, 0.3) is 0 Å². The molecular weight excluding hydrogens is 424 g/mol. The van der Waals surface area contributed by atoms with Gasteiger partial charge in [-0.25, -0.2) is 17.2 Å². The van der Waals surface area contributed by atoms with E-state index in [4.69, 9.17) is 16.0 Å². The summed E-state index contributed by atoms with van der Waals surface area (Å²) in [5, 5.41) is 7.84. The highest BCUT2D eigenvalue weighted by molar-refractivity contribution is 7.89. The van der Waals surface area contributed by atoms with Crippen molar-refractivity contribution in [1.29, 1.82) is 0 Å². The van der Waals surface area contributed by atoms with Crippen LogP contribution in [0.15, 0.2) is 51.8 Å². The van der Waals surface area contributed by atoms with Crippen LogP contribution in [-0.4, -0.2) is 36.0 Å². The molecule has 0 radical (unpaired) electrons. The predicted octanol–water partition coefficient (Wildman–Crippen LogP) is 4.24. The Morgan fingerprint density at radius 1 is 1.03 bits per heavy atom. The van der Waals surface area contributed by atoms with Crippen molar-refractivity contribution in [3.63, 3.8) is 0 Å². The first-order valence-corrected chi connectivity index (χ1v) is 10.7. The molecule has 0 unspecified atom stereocenters. The summed E-state index contributed by atoms with van der Waals surface area (Å²) >= 11 is 5.72. The van der Waals surface area contributed by atoms with Gasteiger partial charge in [0, 0.05) is 24.6 Å². The van der Waals surface area contributed by atoms with E-state index in [9.17, 15) is 17.2 Å². The summed E-state index contributed by atoms with van der Waals surface area (Å²) in [6.45, 7) is 0.520. The van der Waals surface area contributed by atoms with Crippen LogP contribution >= 0.6 is 11.6 Å². The summed E-state index contributed by atoms with van der Waals surface area (Å²) < 4.78 is 59.0. The lowest BCUT2D eigenvalue weighted by atomic mass is 9.98. The molecule has 0 spiro atoms. The zero-order chi connectivity index (χ0) is 20.6. The molecule has 0 aliphatic carbocycles. The number of hydrogen-bond donors (Lipinski definition) is 0. The molecule has 4 rings (SSSR count). The summed E-state index contributed by atoms with van der Waals surface area (Å²) in [7, 11) is -3.77. The average molecular weight is 440 g/mol. The standard InChI is InChI=1S/C19H16ClF2N3O3S/c20-16-11-15(5-6-17(16)22)29(26,27)25-9-7-13(8-10-25)19-24-23-18(28-19)12-1-3-14(21)4-2-12/h1-6,11,13H,7-10H2. The van der Waals surface area contributed by atoms with Gasteiger partial charge in [-0.3, -0.25) is 0 Å². The molecule has 0 amide bonds. The Balaban J connectivity index is 1.45. The quantitative estimate of drug-likeness (QED) is 0.607. The molecule has 0 atom stereocenters. The van der Waals surface area contributed by atoms with Crippen molar-refractivity contribution >= 4 is 21.6 Å². The molecule has 29 heavy (non-hydrogen) atoms. The lowest BCUT2D eigenvalue weighted by Crippen LogP contribution is -2.38. The van der Waals surface area contributed by atoms with Gasteiger partial charge < -0.3 is 4.42 Å². The maximum absolute atomic E-state index is 13.3. The highest BCUT2D eigenvalue weighted by Gasteiger charge is 2.32. The third-order valence-electron chi connectivity index (χ3n) is 4.86. The molecule has 152 valence electrons. The van der Waals surface area contributed by atoms with Crippen LogP contribution in [0, 0.1) is 11.6 Å². The van der Waals surface area contributed by atoms with E-state index in [1.54, 1.807) is 12.1 Å². The summed E-state index contributed by atoms with van der Waals surface area (Å²) in [5.74, 6) is -0.399. The Morgan fingerprint density at radius 2 is 1.72 bits per heavy atom. The fraction of sp³-hybridized carbons (Fsp3) is 0.263. The van der Waals surface area contributed by atoms with E-state index in [2.05, 4.69) is 10.2 Å². The van der Waals surface area contributed by atoms with Crippen LogP contribution in [0.5, 0.6) is 0 Å². The van der Waals surface area contributed by atoms with Crippen molar-refractivity contribution in [1.82, 2.24) is 14.5 Å². The first-order valence-electron chi connectivity index (χ1n) is 8.89. The molecule has 0 bridgehead atoms. The van der Waals surface area contributed by atoms with Gasteiger partial charge in [-0.2, -0.15) is 4.31 Å². The molecule has 6 nitrogen and oxygen atoms in total. The van der Waals surface area contributed by atoms with Crippen LogP contribution in [0.2, 0.25) is 5.02 Å². The number of nitrogens with zero attached hydrogens (tertiary/aromatic N) is 3. The molecule has 1 fully saturated rings. The van der Waals surface area contributed by atoms with Gasteiger partial charge in [0.2, 0.25) is 21.8 Å². The SMILES string of the molecule is O=S(=O)(c1ccc(F)c(Cl)c1)N1CCC(c2nnc(-c3ccc(F)cc3)o2)CC1. The van der Waals surface area contributed by atoms with E-state index in [-0.39, 0.29) is 40.6 Å². The monoisotopic (exact) mass is 439 g/mol. The third kappa shape index (κ3) is 4.03. The Kier molecular flexibility index (Phi) is 5.37. The van der Waals surface area contributed by atoms with Crippen LogP contribution in [0.1, 0.15) is 24.7 Å². The second kappa shape index (κ2) is 7.81. The molecule has 0 saturated carbocycles. The summed E-state index contributed by atoms with van der Waals surface area (Å²) in [6.07, 6.45) is 0.998. The third-order valence-corrected chi connectivity index (χ3v) is 7.05. The zero-order valence-electron chi connectivity index (χ0n) is 15.1. The van der Waals surface area contributed by atoms with Crippen molar-refractivity contribution < 1.29 is 21.6 Å². The van der Waals surface area contributed by atoms with Crippen LogP contribution in [0.25, 0.3) is 11.5 Å². The second-order valence-electron chi connectivity index (χ2n) is 6.71. The Morgan fingerprint density at radius 3 is 2.38 bits per heavy atom. The van der Waals surface area contributed by atoms with E-state index in [1.807, 2.05) is 0 Å². The summed E-state index contributed by atoms with van der Waals surface area (Å²) in [4.78, 5) is -0.0428. The molecule has 1 saturated heterocycles. The number of halogens is 3. The lowest BCUT2D eigenvalue weighted by molar-refractivity contribution is 0.291. The minimum Gasteiger partial charge on any atom is -0.420 e. The highest BCUT2D eigenvalue weighted by Crippen LogP contribution is 2.32. The molecule has 2 aromatic carbocycles. The highest BCUT2D eigenvalue weighted by atomic mass is 35.5. The number of benzene rings is 2. The number of rotatable bonds is 4. The first kappa shape index (κ1) is 19.9. The zero-order valence-corrected chi connectivity index (χ0v) is 16.6. The van der Waals surface area contributed by atoms with Gasteiger partial charge in [-0.05, 0) is 55.3 Å². The number of aromatic nitrogens is 2. The normalized spacial score (nSPS) is 16.2. The maximum Gasteiger partial charge on any atom is 0.247 e. The molecule has 10 heteroatoms. The Bertz CT molecular complexity index is 1130. The van der Waals surface area contributed by atoms with E-state index >= 15 is 0 Å². The van der Waals surface area contributed by atoms with Crippen molar-refractivity contribution in [3.05, 3.63) is 65.0 Å². The summed E-state index contributed by atoms with van der Waals surface area (Å²) in [6, 6.07) is 9.08. The average Bonchev–Trinajstić information content (AvgIpc) is 3.21. The summed E-state index contributed by atoms with van der Waals surface area (Å²) in [5.41, 5.74) is 0.610. The number of hydrogen-bond acceptors (Lipinski definition) is 5. The van der Waals surface area contributed by atoms with E-state index in [1.165, 1.54) is 22.5 Å². The van der Waals surface area contributed by atoms with Gasteiger partial charge in [0.1, 0.15) is 11.6 Å². The fourth-order valence-corrected chi connectivity index (χ4v) is 4.98. The van der Waals surface area contributed by atoms with E-state index in [0.717, 1.165) is 12.1 Å². The molecule has 2 heterocycles. The van der Waals surface area contributed by atoms with Crippen molar-refractivity contribution in [2.75, 3.05) is 13.1 Å². The van der Waals surface area contributed by atoms with E-state index in [0.29, 0.717) is 24.3 Å². The maximum atomic E-state index is 13.3. The predicted molar refractivity (Wildman–Crippen MR) is 102 cm³/mol. The molecular formula is C19H16ClF2N3O3S. The van der Waals surface area contributed by atoms with Crippen LogP contribution in [-0.2, 0) is 10.0 Å². The van der Waals surface area contributed by atoms with Gasteiger partial charge in [-0.15, -0.1) is 10.2 Å². The Hall–Kier alpha value is -2.36. The van der Waals surface area contributed by atoms with Crippen molar-refractivity contribution in [2.24, 2.45) is 0 Å². The van der Waals surface area contributed by atoms with Crippen LogP contribution in [0.4, 0.5) is 8.78 Å². The fourth-order valence-electron chi connectivity index (χ4n) is 3.24. The molecule has 3 aromatic rings. The number of sulfonamides is 1. The first-order chi connectivity index (χ1) is 13.8. The van der Waals surface area contributed by atoms with Gasteiger partial charge in [0.05, 0.1) is 9.92 Å². The largest absolute Gasteiger partial charge is 0.420 e. The van der Waals surface area contributed by atoms with Gasteiger partial charge in [-0.1, -0.05) is 11.6 Å². The molecule has 1 aromatic heterocycles.